The molecule has 2 aromatic rings. The van der Waals surface area contributed by atoms with Crippen molar-refractivity contribution in [2.45, 2.75) is 134 Å². The van der Waals surface area contributed by atoms with Crippen LogP contribution in [-0.2, 0) is 46.4 Å². The highest BCUT2D eigenvalue weighted by molar-refractivity contribution is 5.96. The van der Waals surface area contributed by atoms with Crippen molar-refractivity contribution in [2.24, 2.45) is 56.0 Å². The molecule has 0 aliphatic rings. The van der Waals surface area contributed by atoms with Gasteiger partial charge in [0.25, 0.3) is 5.91 Å². The molecule has 5 unspecified atom stereocenters. The fourth-order valence-corrected chi connectivity index (χ4v) is 6.82. The second-order valence-corrected chi connectivity index (χ2v) is 17.2. The van der Waals surface area contributed by atoms with Gasteiger partial charge < -0.3 is 71.6 Å². The first kappa shape index (κ1) is 58.1. The van der Waals surface area contributed by atoms with Crippen LogP contribution < -0.4 is 72.3 Å². The molecule has 22 N–H and O–H groups in total. The van der Waals surface area contributed by atoms with E-state index < -0.39 is 77.7 Å². The van der Waals surface area contributed by atoms with E-state index in [0.29, 0.717) is 30.4 Å². The lowest BCUT2D eigenvalue weighted by atomic mass is 10.0. The largest absolute Gasteiger partial charge is 0.508 e. The van der Waals surface area contributed by atoms with Gasteiger partial charge in [-0.2, -0.15) is 0 Å². The number of aromatic hydroxyl groups is 2. The zero-order valence-corrected chi connectivity index (χ0v) is 39.6. The van der Waals surface area contributed by atoms with Crippen molar-refractivity contribution in [1.29, 1.82) is 0 Å². The van der Waals surface area contributed by atoms with Gasteiger partial charge in [-0.1, -0.05) is 51.0 Å². The number of primary amides is 1. The Morgan fingerprint density at radius 3 is 1.33 bits per heavy atom. The van der Waals surface area contributed by atoms with E-state index in [1.165, 1.54) is 31.2 Å². The highest BCUT2D eigenvalue weighted by atomic mass is 16.3. The van der Waals surface area contributed by atoms with Crippen LogP contribution in [0.5, 0.6) is 11.5 Å². The molecule has 24 nitrogen and oxygen atoms in total. The lowest BCUT2D eigenvalue weighted by Crippen LogP contribution is -2.60. The molecule has 2 rings (SSSR count). The van der Waals surface area contributed by atoms with Crippen molar-refractivity contribution in [2.75, 3.05) is 13.1 Å². The highest BCUT2D eigenvalue weighted by Crippen LogP contribution is 2.15. The van der Waals surface area contributed by atoms with E-state index in [-0.39, 0.29) is 99.6 Å². The summed E-state index contributed by atoms with van der Waals surface area (Å²) >= 11 is 0. The van der Waals surface area contributed by atoms with E-state index in [4.69, 9.17) is 40.1 Å². The molecule has 382 valence electrons. The Hall–Kier alpha value is -7.05. The molecule has 0 bridgehead atoms. The molecule has 0 aliphatic carbocycles. The number of aliphatic imine (C=N–C) groups is 2. The van der Waals surface area contributed by atoms with Crippen LogP contribution in [0.15, 0.2) is 58.5 Å². The molecule has 24 heteroatoms. The Bertz CT molecular complexity index is 2040. The Kier molecular flexibility index (Phi) is 25.5. The Morgan fingerprint density at radius 1 is 0.522 bits per heavy atom. The third-order valence-electron chi connectivity index (χ3n) is 10.7. The van der Waals surface area contributed by atoms with E-state index in [2.05, 4.69) is 42.1 Å². The fourth-order valence-electron chi connectivity index (χ4n) is 6.82. The number of carbonyl (C=O) groups excluding carboxylic acids is 7. The number of carbonyl (C=O) groups is 7. The van der Waals surface area contributed by atoms with Crippen LogP contribution in [0.4, 0.5) is 0 Å². The van der Waals surface area contributed by atoms with Crippen molar-refractivity contribution in [3.8, 4) is 11.5 Å². The standard InChI is InChI=1S/C45H73N15O9/c1-25(2)22-36(42(68)55-33(10-6-20-53-44(49)50)40(66)57-35(38(48)64)23-27-12-16-29(62)17-13-27)58-41(67)34(11-7-21-54-45(51)52)56-43(69)37(24-28-14-18-30(63)19-15-28)59-60-39(65)32(47)9-5-4-8-31(46)26(3)61/h12-19,25,31-37,59,62-63H,4-11,20-24,46-47H2,1-3H3,(H2,48,64)(H,55,68)(H,56,69)(H,57,66)(H,58,67)(H,60,65)(H4,49,50,53)(H4,51,52,54)/t31?,32?,33-,34-,35?,36?,37?/m0/s1. The average molecular weight is 968 g/mol. The van der Waals surface area contributed by atoms with Gasteiger partial charge in [0.15, 0.2) is 11.9 Å². The SMILES string of the molecule is CC(=O)C(N)CCCCC(N)C(=O)NNC(Cc1ccc(O)cc1)C(=O)N[C@@H](CCCN=C(N)N)C(=O)NC(CC(C)C)C(=O)N[C@@H](CCCN=C(N)N)C(=O)NC(Cc1ccc(O)cc1)C(N)=O. The second-order valence-electron chi connectivity index (χ2n) is 17.2. The number of guanidine groups is 2. The molecule has 0 spiro atoms. The van der Waals surface area contributed by atoms with Crippen LogP contribution >= 0.6 is 0 Å². The minimum absolute atomic E-state index is 0.00243. The quantitative estimate of drug-likeness (QED) is 0.0153. The summed E-state index contributed by atoms with van der Waals surface area (Å²) in [7, 11) is 0. The number of nitrogens with one attached hydrogen (secondary N) is 6. The van der Waals surface area contributed by atoms with Gasteiger partial charge in [0.05, 0.1) is 12.1 Å². The first-order chi connectivity index (χ1) is 32.6. The Labute approximate surface area is 402 Å². The smallest absolute Gasteiger partial charge is 0.250 e. The third-order valence-corrected chi connectivity index (χ3v) is 10.7. The normalized spacial score (nSPS) is 14.1. The van der Waals surface area contributed by atoms with E-state index in [9.17, 15) is 43.8 Å². The van der Waals surface area contributed by atoms with E-state index in [1.54, 1.807) is 24.3 Å². The summed E-state index contributed by atoms with van der Waals surface area (Å²) < 4.78 is 0. The van der Waals surface area contributed by atoms with Crippen molar-refractivity contribution in [1.82, 2.24) is 32.1 Å². The summed E-state index contributed by atoms with van der Waals surface area (Å²) in [5.74, 6) is -5.25. The molecule has 0 radical (unpaired) electrons. The average Bonchev–Trinajstić information content (AvgIpc) is 3.28. The summed E-state index contributed by atoms with van der Waals surface area (Å²) in [5, 5.41) is 30.3. The lowest BCUT2D eigenvalue weighted by molar-refractivity contribution is -0.135. The number of nitrogens with zero attached hydrogens (tertiary/aromatic N) is 2. The van der Waals surface area contributed by atoms with Crippen molar-refractivity contribution < 1.29 is 43.8 Å². The molecule has 6 amide bonds. The Morgan fingerprint density at radius 2 is 0.913 bits per heavy atom. The zero-order chi connectivity index (χ0) is 51.6. The molecule has 0 aromatic heterocycles. The maximum Gasteiger partial charge on any atom is 0.250 e. The molecule has 2 aromatic carbocycles. The summed E-state index contributed by atoms with van der Waals surface area (Å²) in [6.07, 6.45) is 2.16. The number of unbranched alkanes of at least 4 members (excludes halogenated alkanes) is 1. The van der Waals surface area contributed by atoms with Crippen molar-refractivity contribution in [3.63, 3.8) is 0 Å². The van der Waals surface area contributed by atoms with Gasteiger partial charge in [0, 0.05) is 19.5 Å². The molecule has 0 aliphatic heterocycles. The van der Waals surface area contributed by atoms with E-state index in [0.717, 1.165) is 0 Å². The number of phenolic OH excluding ortho intramolecular Hbond substituents is 2. The van der Waals surface area contributed by atoms with Gasteiger partial charge >= 0.3 is 0 Å². The zero-order valence-electron chi connectivity index (χ0n) is 39.6. The number of phenols is 2. The number of hydrazine groups is 1. The van der Waals surface area contributed by atoms with Gasteiger partial charge in [0.2, 0.25) is 29.5 Å². The molecule has 0 saturated carbocycles. The summed E-state index contributed by atoms with van der Waals surface area (Å²) in [6.45, 7) is 5.20. The number of rotatable bonds is 32. The molecule has 69 heavy (non-hydrogen) atoms. The summed E-state index contributed by atoms with van der Waals surface area (Å²) in [4.78, 5) is 101. The van der Waals surface area contributed by atoms with Crippen LogP contribution in [0.1, 0.15) is 89.7 Å². The van der Waals surface area contributed by atoms with Gasteiger partial charge in [-0.3, -0.25) is 49.0 Å². The topological polar surface area (TPSA) is 439 Å². The van der Waals surface area contributed by atoms with Crippen molar-refractivity contribution >= 4 is 53.1 Å². The van der Waals surface area contributed by atoms with Crippen LogP contribution in [0.3, 0.4) is 0 Å². The summed E-state index contributed by atoms with van der Waals surface area (Å²) in [5.41, 5.74) is 46.0. The minimum Gasteiger partial charge on any atom is -0.508 e. The number of ketones is 1. The number of benzene rings is 2. The molecular weight excluding hydrogens is 895 g/mol. The Balaban J connectivity index is 2.38. The monoisotopic (exact) mass is 968 g/mol. The predicted molar refractivity (Wildman–Crippen MR) is 260 cm³/mol. The maximum atomic E-state index is 14.3. The third kappa shape index (κ3) is 23.5. The van der Waals surface area contributed by atoms with Crippen LogP contribution in [0.25, 0.3) is 0 Å². The van der Waals surface area contributed by atoms with E-state index >= 15 is 0 Å². The first-order valence-corrected chi connectivity index (χ1v) is 22.8. The van der Waals surface area contributed by atoms with Crippen LogP contribution in [0, 0.1) is 5.92 Å². The number of nitrogens with two attached hydrogens (primary N) is 7. The highest BCUT2D eigenvalue weighted by Gasteiger charge is 2.33. The number of amides is 6. The number of Topliss-reactive ketones (excluding diaryl/α,β-unsaturated/α-hetero) is 1. The van der Waals surface area contributed by atoms with Crippen LogP contribution in [-0.4, -0.2) is 119 Å². The van der Waals surface area contributed by atoms with Crippen molar-refractivity contribution in [3.05, 3.63) is 59.7 Å². The molecule has 7 atom stereocenters. The minimum atomic E-state index is -1.30. The van der Waals surface area contributed by atoms with Crippen LogP contribution in [0.2, 0.25) is 0 Å². The molecule has 0 saturated heterocycles. The molecule has 0 heterocycles. The number of hydrogen-bond donors (Lipinski definition) is 15. The van der Waals surface area contributed by atoms with Gasteiger partial charge in [-0.25, -0.2) is 5.43 Å². The van der Waals surface area contributed by atoms with E-state index in [1.807, 2.05) is 13.8 Å². The fraction of sp³-hybridized carbons (Fsp3) is 0.533. The van der Waals surface area contributed by atoms with Gasteiger partial charge in [0.1, 0.15) is 47.5 Å². The second kappa shape index (κ2) is 30.4. The molecular formula is C45H73N15O9. The predicted octanol–water partition coefficient (Wildman–Crippen LogP) is -2.75. The summed E-state index contributed by atoms with van der Waals surface area (Å²) in [6, 6.07) is 4.10. The number of hydrogen-bond acceptors (Lipinski definition) is 14. The lowest BCUT2D eigenvalue weighted by Gasteiger charge is -2.28. The first-order valence-electron chi connectivity index (χ1n) is 22.8. The molecule has 0 fully saturated rings. The van der Waals surface area contributed by atoms with Gasteiger partial charge in [-0.15, -0.1) is 0 Å². The maximum absolute atomic E-state index is 14.3. The van der Waals surface area contributed by atoms with Gasteiger partial charge in [-0.05, 0) is 99.6 Å².